The molecule has 1 heterocycles. The van der Waals surface area contributed by atoms with Crippen molar-refractivity contribution in [1.29, 1.82) is 0 Å². The van der Waals surface area contributed by atoms with Gasteiger partial charge in [0.05, 0.1) is 6.54 Å². The Morgan fingerprint density at radius 3 is 2.56 bits per heavy atom. The zero-order valence-corrected chi connectivity index (χ0v) is 10.0. The minimum absolute atomic E-state index is 0.816. The molecule has 88 valence electrons. The van der Waals surface area contributed by atoms with Gasteiger partial charge in [0, 0.05) is 24.5 Å². The molecule has 0 aliphatic heterocycles. The first-order valence-corrected chi connectivity index (χ1v) is 6.56. The van der Waals surface area contributed by atoms with Gasteiger partial charge in [-0.1, -0.05) is 0 Å². The third-order valence-electron chi connectivity index (χ3n) is 3.89. The van der Waals surface area contributed by atoms with E-state index in [4.69, 9.17) is 0 Å². The lowest BCUT2D eigenvalue weighted by molar-refractivity contribution is 0.399. The van der Waals surface area contributed by atoms with Gasteiger partial charge in [0.25, 0.3) is 0 Å². The summed E-state index contributed by atoms with van der Waals surface area (Å²) in [6.07, 6.45) is 7.70. The molecule has 0 bridgehead atoms. The standard InChI is InChI=1S/C13H21N3/c1-10-6-7-15-16(10)9-8-14-13(11-2-3-11)12-4-5-12/h6-7,11-14H,2-5,8-9H2,1H3. The largest absolute Gasteiger partial charge is 0.312 e. The summed E-state index contributed by atoms with van der Waals surface area (Å²) in [4.78, 5) is 0. The quantitative estimate of drug-likeness (QED) is 0.792. The molecule has 1 aromatic heterocycles. The summed E-state index contributed by atoms with van der Waals surface area (Å²) < 4.78 is 2.09. The van der Waals surface area contributed by atoms with Gasteiger partial charge in [-0.15, -0.1) is 0 Å². The van der Waals surface area contributed by atoms with Crippen LogP contribution in [0, 0.1) is 18.8 Å². The summed E-state index contributed by atoms with van der Waals surface area (Å²) in [5, 5.41) is 8.06. The van der Waals surface area contributed by atoms with E-state index in [-0.39, 0.29) is 0 Å². The Morgan fingerprint density at radius 2 is 2.06 bits per heavy atom. The van der Waals surface area contributed by atoms with Crippen molar-refractivity contribution in [3.8, 4) is 0 Å². The maximum absolute atomic E-state index is 4.31. The minimum atomic E-state index is 0.816. The topological polar surface area (TPSA) is 29.9 Å². The number of nitrogens with one attached hydrogen (secondary N) is 1. The van der Waals surface area contributed by atoms with Crippen LogP contribution in [0.1, 0.15) is 31.4 Å². The van der Waals surface area contributed by atoms with Gasteiger partial charge < -0.3 is 5.32 Å². The van der Waals surface area contributed by atoms with Gasteiger partial charge in [-0.2, -0.15) is 5.10 Å². The van der Waals surface area contributed by atoms with E-state index in [1.807, 2.05) is 6.20 Å². The Morgan fingerprint density at radius 1 is 1.38 bits per heavy atom. The average Bonchev–Trinajstić information content (AvgIpc) is 3.15. The van der Waals surface area contributed by atoms with E-state index in [0.717, 1.165) is 31.0 Å². The van der Waals surface area contributed by atoms with Gasteiger partial charge in [-0.05, 0) is 50.5 Å². The summed E-state index contributed by atoms with van der Waals surface area (Å²) in [5.41, 5.74) is 1.26. The molecule has 2 fully saturated rings. The molecule has 3 rings (SSSR count). The molecule has 0 unspecified atom stereocenters. The normalized spacial score (nSPS) is 20.6. The van der Waals surface area contributed by atoms with Crippen molar-refractivity contribution >= 4 is 0 Å². The molecule has 1 N–H and O–H groups in total. The Hall–Kier alpha value is -0.830. The Labute approximate surface area is 97.2 Å². The molecule has 0 amide bonds. The average molecular weight is 219 g/mol. The zero-order valence-electron chi connectivity index (χ0n) is 10.0. The van der Waals surface area contributed by atoms with Crippen LogP contribution < -0.4 is 5.32 Å². The molecule has 0 saturated heterocycles. The second-order valence-electron chi connectivity index (χ2n) is 5.35. The number of rotatable bonds is 6. The maximum Gasteiger partial charge on any atom is 0.0537 e. The van der Waals surface area contributed by atoms with E-state index >= 15 is 0 Å². The van der Waals surface area contributed by atoms with Crippen molar-refractivity contribution < 1.29 is 0 Å². The van der Waals surface area contributed by atoms with Crippen LogP contribution in [-0.4, -0.2) is 22.4 Å². The molecule has 1 aromatic rings. The molecule has 16 heavy (non-hydrogen) atoms. The Kier molecular flexibility index (Phi) is 2.72. The van der Waals surface area contributed by atoms with E-state index in [9.17, 15) is 0 Å². The third kappa shape index (κ3) is 2.29. The fourth-order valence-electron chi connectivity index (χ4n) is 2.60. The number of hydrogen-bond acceptors (Lipinski definition) is 2. The maximum atomic E-state index is 4.31. The Balaban J connectivity index is 1.46. The SMILES string of the molecule is Cc1ccnn1CCNC(C1CC1)C1CC1. The number of aromatic nitrogens is 2. The molecular weight excluding hydrogens is 198 g/mol. The predicted molar refractivity (Wildman–Crippen MR) is 64.2 cm³/mol. The third-order valence-corrected chi connectivity index (χ3v) is 3.89. The van der Waals surface area contributed by atoms with Crippen molar-refractivity contribution in [2.24, 2.45) is 11.8 Å². The highest BCUT2D eigenvalue weighted by Gasteiger charge is 2.40. The van der Waals surface area contributed by atoms with Gasteiger partial charge in [-0.3, -0.25) is 4.68 Å². The highest BCUT2D eigenvalue weighted by molar-refractivity contribution is 4.98. The molecule has 2 saturated carbocycles. The number of nitrogens with zero attached hydrogens (tertiary/aromatic N) is 2. The lowest BCUT2D eigenvalue weighted by Crippen LogP contribution is -2.35. The highest BCUT2D eigenvalue weighted by Crippen LogP contribution is 2.44. The summed E-state index contributed by atoms with van der Waals surface area (Å²) in [6.45, 7) is 4.20. The number of hydrogen-bond donors (Lipinski definition) is 1. The zero-order chi connectivity index (χ0) is 11.0. The van der Waals surface area contributed by atoms with Crippen molar-refractivity contribution in [2.45, 2.75) is 45.2 Å². The lowest BCUT2D eigenvalue weighted by atomic mass is 10.1. The summed E-state index contributed by atoms with van der Waals surface area (Å²) in [7, 11) is 0. The second-order valence-corrected chi connectivity index (χ2v) is 5.35. The van der Waals surface area contributed by atoms with Crippen molar-refractivity contribution in [3.63, 3.8) is 0 Å². The molecular formula is C13H21N3. The monoisotopic (exact) mass is 219 g/mol. The molecule has 0 aromatic carbocycles. The van der Waals surface area contributed by atoms with E-state index in [0.29, 0.717) is 0 Å². The molecule has 3 nitrogen and oxygen atoms in total. The van der Waals surface area contributed by atoms with Crippen molar-refractivity contribution in [3.05, 3.63) is 18.0 Å². The van der Waals surface area contributed by atoms with Crippen LogP contribution in [0.2, 0.25) is 0 Å². The summed E-state index contributed by atoms with van der Waals surface area (Å²) in [6, 6.07) is 2.88. The molecule has 0 spiro atoms. The van der Waals surface area contributed by atoms with E-state index in [2.05, 4.69) is 28.1 Å². The fraction of sp³-hybridized carbons (Fsp3) is 0.769. The van der Waals surface area contributed by atoms with E-state index in [1.165, 1.54) is 31.4 Å². The lowest BCUT2D eigenvalue weighted by Gasteiger charge is -2.17. The minimum Gasteiger partial charge on any atom is -0.312 e. The van der Waals surface area contributed by atoms with Gasteiger partial charge in [-0.25, -0.2) is 0 Å². The summed E-state index contributed by atoms with van der Waals surface area (Å²) in [5.74, 6) is 1.98. The fourth-order valence-corrected chi connectivity index (χ4v) is 2.60. The van der Waals surface area contributed by atoms with Gasteiger partial charge in [0.1, 0.15) is 0 Å². The molecule has 0 atom stereocenters. The number of aryl methyl sites for hydroxylation is 1. The van der Waals surface area contributed by atoms with Crippen LogP contribution in [0.5, 0.6) is 0 Å². The van der Waals surface area contributed by atoms with Crippen LogP contribution in [0.3, 0.4) is 0 Å². The molecule has 2 aliphatic rings. The van der Waals surface area contributed by atoms with E-state index in [1.54, 1.807) is 0 Å². The molecule has 0 radical (unpaired) electrons. The van der Waals surface area contributed by atoms with Crippen molar-refractivity contribution in [1.82, 2.24) is 15.1 Å². The second kappa shape index (κ2) is 4.21. The first-order chi connectivity index (χ1) is 7.84. The van der Waals surface area contributed by atoms with Gasteiger partial charge in [0.2, 0.25) is 0 Å². The van der Waals surface area contributed by atoms with E-state index < -0.39 is 0 Å². The highest BCUT2D eigenvalue weighted by atomic mass is 15.3. The summed E-state index contributed by atoms with van der Waals surface area (Å²) >= 11 is 0. The smallest absolute Gasteiger partial charge is 0.0537 e. The molecule has 3 heteroatoms. The van der Waals surface area contributed by atoms with Crippen LogP contribution in [-0.2, 0) is 6.54 Å². The van der Waals surface area contributed by atoms with Crippen LogP contribution in [0.4, 0.5) is 0 Å². The van der Waals surface area contributed by atoms with Crippen LogP contribution in [0.25, 0.3) is 0 Å². The first kappa shape index (κ1) is 10.3. The van der Waals surface area contributed by atoms with Crippen molar-refractivity contribution in [2.75, 3.05) is 6.54 Å². The first-order valence-electron chi connectivity index (χ1n) is 6.56. The van der Waals surface area contributed by atoms with Gasteiger partial charge >= 0.3 is 0 Å². The van der Waals surface area contributed by atoms with Gasteiger partial charge in [0.15, 0.2) is 0 Å². The Bertz CT molecular complexity index is 338. The van der Waals surface area contributed by atoms with Crippen LogP contribution in [0.15, 0.2) is 12.3 Å². The predicted octanol–water partition coefficient (Wildman–Crippen LogP) is 1.97. The van der Waals surface area contributed by atoms with Crippen LogP contribution >= 0.6 is 0 Å². The molecule has 2 aliphatic carbocycles.